The number of nitrogens with one attached hydrogen (secondary N) is 1. The number of hydrogen-bond acceptors (Lipinski definition) is 4. The zero-order valence-electron chi connectivity index (χ0n) is 11.8. The van der Waals surface area contributed by atoms with E-state index in [1.54, 1.807) is 6.07 Å². The summed E-state index contributed by atoms with van der Waals surface area (Å²) in [6.45, 7) is 0.657. The van der Waals surface area contributed by atoms with E-state index in [-0.39, 0.29) is 16.8 Å². The molecule has 22 heavy (non-hydrogen) atoms. The number of rotatable bonds is 2. The summed E-state index contributed by atoms with van der Waals surface area (Å²) in [7, 11) is 0. The molecular formula is C14H17ClN4O3. The van der Waals surface area contributed by atoms with Gasteiger partial charge in [-0.15, -0.1) is 0 Å². The minimum Gasteiger partial charge on any atom is -0.399 e. The smallest absolute Gasteiger partial charge is 0.313 e. The average molecular weight is 325 g/mol. The van der Waals surface area contributed by atoms with Crippen LogP contribution in [0.3, 0.4) is 0 Å². The predicted octanol–water partition coefficient (Wildman–Crippen LogP) is 0.585. The van der Waals surface area contributed by atoms with E-state index in [0.29, 0.717) is 37.3 Å². The fourth-order valence-electron chi connectivity index (χ4n) is 2.32. The summed E-state index contributed by atoms with van der Waals surface area (Å²) in [5.74, 6) is -2.04. The van der Waals surface area contributed by atoms with Gasteiger partial charge in [0.05, 0.1) is 10.7 Å². The molecule has 1 aliphatic heterocycles. The van der Waals surface area contributed by atoms with E-state index < -0.39 is 11.8 Å². The molecule has 0 unspecified atom stereocenters. The summed E-state index contributed by atoms with van der Waals surface area (Å²) in [5.41, 5.74) is 11.6. The summed E-state index contributed by atoms with van der Waals surface area (Å²) >= 11 is 5.95. The normalized spacial score (nSPS) is 15.4. The predicted molar refractivity (Wildman–Crippen MR) is 83.0 cm³/mol. The lowest BCUT2D eigenvalue weighted by molar-refractivity contribution is -0.144. The third-order valence-electron chi connectivity index (χ3n) is 3.62. The number of halogens is 1. The molecule has 0 aromatic heterocycles. The molecule has 0 saturated carbocycles. The molecule has 8 heteroatoms. The van der Waals surface area contributed by atoms with Gasteiger partial charge in [-0.2, -0.15) is 0 Å². The van der Waals surface area contributed by atoms with Gasteiger partial charge in [-0.05, 0) is 31.0 Å². The Hall–Kier alpha value is -2.28. The standard InChI is InChI=1S/C14H17ClN4O3/c15-10-7-9(16)1-2-11(10)18-13(21)14(22)19-5-3-8(4-6-19)12(17)20/h1-2,7-8H,3-6,16H2,(H2,17,20)(H,18,21). The SMILES string of the molecule is NC(=O)C1CCN(C(=O)C(=O)Nc2ccc(N)cc2Cl)CC1. The van der Waals surface area contributed by atoms with Crippen LogP contribution < -0.4 is 16.8 Å². The number of nitrogens with zero attached hydrogens (tertiary/aromatic N) is 1. The topological polar surface area (TPSA) is 119 Å². The van der Waals surface area contributed by atoms with E-state index in [0.717, 1.165) is 0 Å². The first kappa shape index (κ1) is 16.1. The van der Waals surface area contributed by atoms with E-state index in [1.807, 2.05) is 0 Å². The lowest BCUT2D eigenvalue weighted by Gasteiger charge is -2.30. The third kappa shape index (κ3) is 3.67. The van der Waals surface area contributed by atoms with Gasteiger partial charge in [-0.25, -0.2) is 0 Å². The molecule has 5 N–H and O–H groups in total. The molecule has 1 fully saturated rings. The molecule has 0 atom stereocenters. The number of anilines is 2. The zero-order valence-corrected chi connectivity index (χ0v) is 12.6. The molecule has 1 aromatic carbocycles. The molecule has 0 radical (unpaired) electrons. The largest absolute Gasteiger partial charge is 0.399 e. The van der Waals surface area contributed by atoms with E-state index in [1.165, 1.54) is 17.0 Å². The highest BCUT2D eigenvalue weighted by Gasteiger charge is 2.29. The van der Waals surface area contributed by atoms with Gasteiger partial charge in [0.15, 0.2) is 0 Å². The molecule has 2 rings (SSSR count). The number of amides is 3. The molecule has 3 amide bonds. The number of benzene rings is 1. The summed E-state index contributed by atoms with van der Waals surface area (Å²) in [6, 6.07) is 4.59. The van der Waals surface area contributed by atoms with Gasteiger partial charge in [-0.3, -0.25) is 14.4 Å². The molecular weight excluding hydrogens is 308 g/mol. The fraction of sp³-hybridized carbons (Fsp3) is 0.357. The van der Waals surface area contributed by atoms with Crippen LogP contribution in [-0.4, -0.2) is 35.7 Å². The van der Waals surface area contributed by atoms with Gasteiger partial charge in [0.2, 0.25) is 5.91 Å². The Bertz CT molecular complexity index is 612. The highest BCUT2D eigenvalue weighted by molar-refractivity contribution is 6.41. The first-order chi connectivity index (χ1) is 10.4. The van der Waals surface area contributed by atoms with Crippen molar-refractivity contribution in [2.45, 2.75) is 12.8 Å². The van der Waals surface area contributed by atoms with Gasteiger partial charge in [0.25, 0.3) is 0 Å². The number of hydrogen-bond donors (Lipinski definition) is 3. The molecule has 1 aliphatic rings. The van der Waals surface area contributed by atoms with Crippen molar-refractivity contribution in [3.05, 3.63) is 23.2 Å². The molecule has 1 saturated heterocycles. The Morgan fingerprint density at radius 3 is 2.41 bits per heavy atom. The number of carbonyl (C=O) groups is 3. The van der Waals surface area contributed by atoms with Crippen molar-refractivity contribution in [1.29, 1.82) is 0 Å². The lowest BCUT2D eigenvalue weighted by Crippen LogP contribution is -2.46. The highest BCUT2D eigenvalue weighted by atomic mass is 35.5. The van der Waals surface area contributed by atoms with E-state index in [4.69, 9.17) is 23.1 Å². The summed E-state index contributed by atoms with van der Waals surface area (Å²) in [4.78, 5) is 36.6. The van der Waals surface area contributed by atoms with Gasteiger partial charge < -0.3 is 21.7 Å². The van der Waals surface area contributed by atoms with E-state index in [2.05, 4.69) is 5.32 Å². The Morgan fingerprint density at radius 1 is 1.23 bits per heavy atom. The first-order valence-electron chi connectivity index (χ1n) is 6.83. The fourth-order valence-corrected chi connectivity index (χ4v) is 2.56. The molecule has 1 aromatic rings. The van der Waals surface area contributed by atoms with Crippen LogP contribution >= 0.6 is 11.6 Å². The van der Waals surface area contributed by atoms with Crippen LogP contribution in [0.4, 0.5) is 11.4 Å². The Balaban J connectivity index is 1.95. The maximum Gasteiger partial charge on any atom is 0.313 e. The van der Waals surface area contributed by atoms with Crippen molar-refractivity contribution in [2.75, 3.05) is 24.1 Å². The first-order valence-corrected chi connectivity index (χ1v) is 7.21. The Kier molecular flexibility index (Phi) is 4.87. The second-order valence-electron chi connectivity index (χ2n) is 5.16. The Labute approximate surface area is 132 Å². The van der Waals surface area contributed by atoms with Crippen LogP contribution in [0.1, 0.15) is 12.8 Å². The number of nitrogens with two attached hydrogens (primary N) is 2. The average Bonchev–Trinajstić information content (AvgIpc) is 2.49. The minimum absolute atomic E-state index is 0.237. The van der Waals surface area contributed by atoms with E-state index >= 15 is 0 Å². The molecule has 0 spiro atoms. The molecule has 7 nitrogen and oxygen atoms in total. The highest BCUT2D eigenvalue weighted by Crippen LogP contribution is 2.24. The van der Waals surface area contributed by atoms with Gasteiger partial charge in [-0.1, -0.05) is 11.6 Å². The van der Waals surface area contributed by atoms with Gasteiger partial charge in [0, 0.05) is 24.7 Å². The van der Waals surface area contributed by atoms with Gasteiger partial charge >= 0.3 is 11.8 Å². The van der Waals surface area contributed by atoms with Crippen LogP contribution in [0.15, 0.2) is 18.2 Å². The van der Waals surface area contributed by atoms with Crippen molar-refractivity contribution in [3.8, 4) is 0 Å². The van der Waals surface area contributed by atoms with Crippen LogP contribution in [0.5, 0.6) is 0 Å². The monoisotopic (exact) mass is 324 g/mol. The molecule has 118 valence electrons. The molecule has 1 heterocycles. The van der Waals surface area contributed by atoms with Crippen molar-refractivity contribution in [3.63, 3.8) is 0 Å². The lowest BCUT2D eigenvalue weighted by atomic mass is 9.96. The second-order valence-corrected chi connectivity index (χ2v) is 5.57. The van der Waals surface area contributed by atoms with Crippen LogP contribution in [-0.2, 0) is 14.4 Å². The minimum atomic E-state index is -0.774. The van der Waals surface area contributed by atoms with Crippen molar-refractivity contribution in [2.24, 2.45) is 11.7 Å². The van der Waals surface area contributed by atoms with Crippen molar-refractivity contribution < 1.29 is 14.4 Å². The zero-order chi connectivity index (χ0) is 16.3. The summed E-state index contributed by atoms with van der Waals surface area (Å²) < 4.78 is 0. The number of likely N-dealkylation sites (tertiary alicyclic amines) is 1. The van der Waals surface area contributed by atoms with Crippen molar-refractivity contribution >= 4 is 40.7 Å². The van der Waals surface area contributed by atoms with Crippen LogP contribution in [0.2, 0.25) is 5.02 Å². The maximum absolute atomic E-state index is 12.1. The maximum atomic E-state index is 12.1. The van der Waals surface area contributed by atoms with Gasteiger partial charge in [0.1, 0.15) is 0 Å². The Morgan fingerprint density at radius 2 is 1.86 bits per heavy atom. The second kappa shape index (κ2) is 6.65. The van der Waals surface area contributed by atoms with Crippen LogP contribution in [0.25, 0.3) is 0 Å². The van der Waals surface area contributed by atoms with E-state index in [9.17, 15) is 14.4 Å². The quantitative estimate of drug-likeness (QED) is 0.544. The third-order valence-corrected chi connectivity index (χ3v) is 3.93. The number of carbonyl (C=O) groups excluding carboxylic acids is 3. The number of primary amides is 1. The van der Waals surface area contributed by atoms with Crippen molar-refractivity contribution in [1.82, 2.24) is 4.90 Å². The molecule has 0 bridgehead atoms. The summed E-state index contributed by atoms with van der Waals surface area (Å²) in [6.07, 6.45) is 0.938. The number of nitrogen functional groups attached to an aromatic ring is 1. The van der Waals surface area contributed by atoms with Crippen LogP contribution in [0, 0.1) is 5.92 Å². The number of piperidine rings is 1. The molecule has 0 aliphatic carbocycles. The summed E-state index contributed by atoms with van der Waals surface area (Å²) in [5, 5.41) is 2.72.